The van der Waals surface area contributed by atoms with Gasteiger partial charge in [-0.05, 0) is 55.1 Å². The summed E-state index contributed by atoms with van der Waals surface area (Å²) in [7, 11) is 0. The first kappa shape index (κ1) is 21.6. The number of aromatic nitrogens is 3. The van der Waals surface area contributed by atoms with E-state index < -0.39 is 0 Å². The number of fused-ring (bicyclic) bond motifs is 2. The lowest BCUT2D eigenvalue weighted by molar-refractivity contribution is 0.356. The Bertz CT molecular complexity index is 1480. The van der Waals surface area contributed by atoms with Gasteiger partial charge in [-0.2, -0.15) is 5.26 Å². The molecule has 1 atom stereocenters. The number of imidazole rings is 1. The number of hydrogen-bond donors (Lipinski definition) is 2. The molecule has 176 valence electrons. The molecule has 4 aromatic rings. The van der Waals surface area contributed by atoms with Crippen LogP contribution in [-0.4, -0.2) is 27.5 Å². The summed E-state index contributed by atoms with van der Waals surface area (Å²) >= 11 is 0. The molecule has 0 aliphatic carbocycles. The van der Waals surface area contributed by atoms with Crippen LogP contribution in [0.3, 0.4) is 0 Å². The van der Waals surface area contributed by atoms with E-state index in [1.54, 1.807) is 22.9 Å². The SMILES string of the molecule is Cc1cc([C@@H]2CCCN2)ccc1-c1cnc(NCc2c(F)ccc3c2CCO3)n2cc(C#N)nc12. The minimum Gasteiger partial charge on any atom is -0.493 e. The molecule has 0 amide bonds. The molecule has 6 rings (SSSR count). The summed E-state index contributed by atoms with van der Waals surface area (Å²) < 4.78 is 22.0. The van der Waals surface area contributed by atoms with Crippen molar-refractivity contribution in [2.45, 2.75) is 38.8 Å². The van der Waals surface area contributed by atoms with Gasteiger partial charge in [-0.3, -0.25) is 4.40 Å². The van der Waals surface area contributed by atoms with E-state index in [-0.39, 0.29) is 12.4 Å². The van der Waals surface area contributed by atoms with Gasteiger partial charge in [0.1, 0.15) is 17.6 Å². The minimum absolute atomic E-state index is 0.252. The van der Waals surface area contributed by atoms with Gasteiger partial charge in [0, 0.05) is 41.9 Å². The van der Waals surface area contributed by atoms with Gasteiger partial charge in [0.15, 0.2) is 11.3 Å². The molecule has 2 aliphatic heterocycles. The van der Waals surface area contributed by atoms with Crippen LogP contribution < -0.4 is 15.4 Å². The van der Waals surface area contributed by atoms with Gasteiger partial charge in [-0.25, -0.2) is 14.4 Å². The molecule has 2 aromatic carbocycles. The van der Waals surface area contributed by atoms with Crippen LogP contribution in [0.5, 0.6) is 5.75 Å². The highest BCUT2D eigenvalue weighted by atomic mass is 19.1. The van der Waals surface area contributed by atoms with Gasteiger partial charge in [-0.15, -0.1) is 0 Å². The van der Waals surface area contributed by atoms with E-state index in [2.05, 4.69) is 51.8 Å². The van der Waals surface area contributed by atoms with E-state index in [9.17, 15) is 9.65 Å². The first-order chi connectivity index (χ1) is 17.1. The number of rotatable bonds is 5. The molecule has 1 fully saturated rings. The topological polar surface area (TPSA) is 87.3 Å². The average molecular weight is 469 g/mol. The fourth-order valence-corrected chi connectivity index (χ4v) is 5.20. The maximum absolute atomic E-state index is 14.6. The zero-order valence-corrected chi connectivity index (χ0v) is 19.4. The van der Waals surface area contributed by atoms with E-state index in [1.807, 2.05) is 0 Å². The summed E-state index contributed by atoms with van der Waals surface area (Å²) in [5.74, 6) is 0.960. The first-order valence-corrected chi connectivity index (χ1v) is 11.9. The van der Waals surface area contributed by atoms with Crippen LogP contribution in [0.1, 0.15) is 46.8 Å². The molecule has 2 aliphatic rings. The summed E-state index contributed by atoms with van der Waals surface area (Å²) in [6.07, 6.45) is 6.46. The van der Waals surface area contributed by atoms with Crippen LogP contribution in [0.2, 0.25) is 0 Å². The van der Waals surface area contributed by atoms with Crippen molar-refractivity contribution in [2.24, 2.45) is 0 Å². The number of ether oxygens (including phenoxy) is 1. The average Bonchev–Trinajstić information content (AvgIpc) is 3.64. The predicted molar refractivity (Wildman–Crippen MR) is 131 cm³/mol. The quantitative estimate of drug-likeness (QED) is 0.442. The Labute approximate surface area is 202 Å². The summed E-state index contributed by atoms with van der Waals surface area (Å²) in [6, 6.07) is 12.1. The van der Waals surface area contributed by atoms with E-state index in [0.29, 0.717) is 41.9 Å². The molecule has 0 unspecified atom stereocenters. The number of halogens is 1. The predicted octanol–water partition coefficient (Wildman–Crippen LogP) is 4.69. The van der Waals surface area contributed by atoms with Gasteiger partial charge < -0.3 is 15.4 Å². The van der Waals surface area contributed by atoms with E-state index in [4.69, 9.17) is 4.74 Å². The third-order valence-corrected chi connectivity index (χ3v) is 6.97. The van der Waals surface area contributed by atoms with E-state index >= 15 is 0 Å². The Morgan fingerprint density at radius 1 is 1.29 bits per heavy atom. The minimum atomic E-state index is -0.273. The zero-order chi connectivity index (χ0) is 23.9. The number of benzene rings is 2. The van der Waals surface area contributed by atoms with Crippen LogP contribution in [0.15, 0.2) is 42.7 Å². The van der Waals surface area contributed by atoms with Crippen molar-refractivity contribution in [3.05, 3.63) is 76.5 Å². The highest BCUT2D eigenvalue weighted by molar-refractivity contribution is 5.80. The lowest BCUT2D eigenvalue weighted by Crippen LogP contribution is -2.13. The second-order valence-corrected chi connectivity index (χ2v) is 9.10. The lowest BCUT2D eigenvalue weighted by Gasteiger charge is -2.16. The number of anilines is 1. The second kappa shape index (κ2) is 8.67. The van der Waals surface area contributed by atoms with E-state index in [0.717, 1.165) is 41.0 Å². The Hall–Kier alpha value is -3.96. The highest BCUT2D eigenvalue weighted by Gasteiger charge is 2.21. The summed E-state index contributed by atoms with van der Waals surface area (Å²) in [5.41, 5.74) is 6.68. The Morgan fingerprint density at radius 2 is 2.20 bits per heavy atom. The fraction of sp³-hybridized carbons (Fsp3) is 0.296. The van der Waals surface area contributed by atoms with Crippen molar-refractivity contribution >= 4 is 11.6 Å². The molecule has 2 aromatic heterocycles. The lowest BCUT2D eigenvalue weighted by atomic mass is 9.96. The van der Waals surface area contributed by atoms with Crippen molar-refractivity contribution in [1.82, 2.24) is 19.7 Å². The van der Waals surface area contributed by atoms with Crippen molar-refractivity contribution < 1.29 is 9.13 Å². The fourth-order valence-electron chi connectivity index (χ4n) is 5.20. The molecule has 0 bridgehead atoms. The van der Waals surface area contributed by atoms with Crippen LogP contribution in [-0.2, 0) is 13.0 Å². The highest BCUT2D eigenvalue weighted by Crippen LogP contribution is 2.33. The van der Waals surface area contributed by atoms with Gasteiger partial charge in [-0.1, -0.05) is 18.2 Å². The maximum atomic E-state index is 14.6. The third-order valence-electron chi connectivity index (χ3n) is 6.97. The number of hydrogen-bond acceptors (Lipinski definition) is 6. The number of nitrogens with one attached hydrogen (secondary N) is 2. The van der Waals surface area contributed by atoms with Crippen LogP contribution >= 0.6 is 0 Å². The third kappa shape index (κ3) is 3.78. The van der Waals surface area contributed by atoms with Gasteiger partial charge in [0.25, 0.3) is 0 Å². The van der Waals surface area contributed by atoms with Gasteiger partial charge in [0.05, 0.1) is 12.8 Å². The molecule has 7 nitrogen and oxygen atoms in total. The smallest absolute Gasteiger partial charge is 0.208 e. The molecule has 4 heterocycles. The van der Waals surface area contributed by atoms with Crippen LogP contribution in [0, 0.1) is 24.1 Å². The molecular weight excluding hydrogens is 443 g/mol. The summed E-state index contributed by atoms with van der Waals surface area (Å²) in [5, 5.41) is 16.3. The molecule has 0 radical (unpaired) electrons. The summed E-state index contributed by atoms with van der Waals surface area (Å²) in [6.45, 7) is 3.95. The monoisotopic (exact) mass is 468 g/mol. The van der Waals surface area contributed by atoms with Crippen molar-refractivity contribution in [1.29, 1.82) is 5.26 Å². The second-order valence-electron chi connectivity index (χ2n) is 9.10. The Balaban J connectivity index is 1.36. The molecule has 35 heavy (non-hydrogen) atoms. The number of aryl methyl sites for hydroxylation is 1. The first-order valence-electron chi connectivity index (χ1n) is 11.9. The standard InChI is InChI=1S/C27H25FN6O/c1-16-11-17(24-3-2-9-30-24)4-5-19(16)22-14-32-27(34-15-18(12-29)33-26(22)34)31-13-21-20-8-10-35-25(20)7-6-23(21)28/h4-7,11,14-15,24,30H,2-3,8-10,13H2,1H3,(H,31,32)/t24-/m0/s1. The van der Waals surface area contributed by atoms with E-state index in [1.165, 1.54) is 18.1 Å². The maximum Gasteiger partial charge on any atom is 0.208 e. The molecule has 1 saturated heterocycles. The largest absolute Gasteiger partial charge is 0.493 e. The zero-order valence-electron chi connectivity index (χ0n) is 19.4. The molecular formula is C27H25FN6O. The van der Waals surface area contributed by atoms with Crippen molar-refractivity contribution in [3.63, 3.8) is 0 Å². The van der Waals surface area contributed by atoms with Gasteiger partial charge in [0.2, 0.25) is 5.95 Å². The molecule has 0 saturated carbocycles. The molecule has 8 heteroatoms. The molecule has 2 N–H and O–H groups in total. The van der Waals surface area contributed by atoms with Crippen molar-refractivity contribution in [2.75, 3.05) is 18.5 Å². The number of nitrogens with zero attached hydrogens (tertiary/aromatic N) is 4. The summed E-state index contributed by atoms with van der Waals surface area (Å²) in [4.78, 5) is 9.20. The van der Waals surface area contributed by atoms with Gasteiger partial charge >= 0.3 is 0 Å². The normalized spacial score (nSPS) is 16.8. The molecule has 0 spiro atoms. The van der Waals surface area contributed by atoms with Crippen LogP contribution in [0.4, 0.5) is 10.3 Å². The van der Waals surface area contributed by atoms with Crippen LogP contribution in [0.25, 0.3) is 16.8 Å². The Morgan fingerprint density at radius 3 is 3.00 bits per heavy atom. The van der Waals surface area contributed by atoms with Crippen molar-refractivity contribution in [3.8, 4) is 22.9 Å². The Kier molecular flexibility index (Phi) is 5.34. The number of nitriles is 1.